The van der Waals surface area contributed by atoms with E-state index in [1.54, 1.807) is 6.20 Å². The van der Waals surface area contributed by atoms with E-state index < -0.39 is 0 Å². The van der Waals surface area contributed by atoms with Crippen molar-refractivity contribution in [1.82, 2.24) is 15.0 Å². The van der Waals surface area contributed by atoms with E-state index in [0.29, 0.717) is 0 Å². The number of fused-ring (bicyclic) bond motifs is 1. The standard InChI is InChI=1S/C18H13N3/c1-2-8-15(9-3-1)18-13-19-20-21(18)17-12-6-10-14-7-4-5-11-16(14)17/h1-13H. The van der Waals surface area contributed by atoms with Gasteiger partial charge in [-0.15, -0.1) is 5.10 Å². The fourth-order valence-corrected chi connectivity index (χ4v) is 2.61. The third-order valence-corrected chi connectivity index (χ3v) is 3.61. The number of aromatic nitrogens is 3. The third kappa shape index (κ3) is 1.99. The second kappa shape index (κ2) is 4.87. The van der Waals surface area contributed by atoms with Gasteiger partial charge in [-0.25, -0.2) is 4.68 Å². The zero-order valence-electron chi connectivity index (χ0n) is 11.3. The van der Waals surface area contributed by atoms with Gasteiger partial charge in [-0.3, -0.25) is 0 Å². The highest BCUT2D eigenvalue weighted by molar-refractivity contribution is 5.90. The van der Waals surface area contributed by atoms with E-state index in [2.05, 4.69) is 46.7 Å². The van der Waals surface area contributed by atoms with Gasteiger partial charge in [0.25, 0.3) is 0 Å². The smallest absolute Gasteiger partial charge is 0.0944 e. The number of hydrogen-bond donors (Lipinski definition) is 0. The first-order valence-electron chi connectivity index (χ1n) is 6.88. The largest absolute Gasteiger partial charge is 0.212 e. The van der Waals surface area contributed by atoms with Gasteiger partial charge in [0.2, 0.25) is 0 Å². The predicted molar refractivity (Wildman–Crippen MR) is 84.3 cm³/mol. The molecule has 0 aliphatic carbocycles. The Labute approximate surface area is 122 Å². The Bertz CT molecular complexity index is 889. The van der Waals surface area contributed by atoms with E-state index in [-0.39, 0.29) is 0 Å². The highest BCUT2D eigenvalue weighted by Crippen LogP contribution is 2.26. The molecule has 100 valence electrons. The summed E-state index contributed by atoms with van der Waals surface area (Å²) in [6, 6.07) is 24.7. The van der Waals surface area contributed by atoms with E-state index in [1.807, 2.05) is 41.1 Å². The summed E-state index contributed by atoms with van der Waals surface area (Å²) in [4.78, 5) is 0. The molecule has 0 saturated carbocycles. The summed E-state index contributed by atoms with van der Waals surface area (Å²) in [7, 11) is 0. The van der Waals surface area contributed by atoms with Gasteiger partial charge >= 0.3 is 0 Å². The molecule has 3 nitrogen and oxygen atoms in total. The maximum absolute atomic E-state index is 4.28. The van der Waals surface area contributed by atoms with Crippen molar-refractivity contribution in [2.45, 2.75) is 0 Å². The van der Waals surface area contributed by atoms with Gasteiger partial charge in [0, 0.05) is 10.9 Å². The molecule has 0 unspecified atom stereocenters. The lowest BCUT2D eigenvalue weighted by Crippen LogP contribution is -2.00. The van der Waals surface area contributed by atoms with Gasteiger partial charge in [-0.1, -0.05) is 71.9 Å². The van der Waals surface area contributed by atoms with Crippen LogP contribution in [0.5, 0.6) is 0 Å². The van der Waals surface area contributed by atoms with Crippen LogP contribution in [0.4, 0.5) is 0 Å². The predicted octanol–water partition coefficient (Wildman–Crippen LogP) is 4.09. The van der Waals surface area contributed by atoms with Crippen LogP contribution in [-0.2, 0) is 0 Å². The highest BCUT2D eigenvalue weighted by atomic mass is 15.4. The van der Waals surface area contributed by atoms with Crippen LogP contribution in [0.25, 0.3) is 27.7 Å². The minimum Gasteiger partial charge on any atom is -0.212 e. The molecular formula is C18H13N3. The van der Waals surface area contributed by atoms with E-state index >= 15 is 0 Å². The van der Waals surface area contributed by atoms with Gasteiger partial charge < -0.3 is 0 Å². The van der Waals surface area contributed by atoms with Crippen molar-refractivity contribution < 1.29 is 0 Å². The molecule has 1 heterocycles. The fraction of sp³-hybridized carbons (Fsp3) is 0. The monoisotopic (exact) mass is 271 g/mol. The molecule has 0 N–H and O–H groups in total. The average Bonchev–Trinajstić information content (AvgIpc) is 3.04. The van der Waals surface area contributed by atoms with Gasteiger partial charge in [0.15, 0.2) is 0 Å². The lowest BCUT2D eigenvalue weighted by Gasteiger charge is -2.09. The lowest BCUT2D eigenvalue weighted by atomic mass is 10.1. The Morgan fingerprint density at radius 2 is 1.48 bits per heavy atom. The van der Waals surface area contributed by atoms with Crippen LogP contribution in [0.3, 0.4) is 0 Å². The summed E-state index contributed by atoms with van der Waals surface area (Å²) in [6.07, 6.45) is 1.80. The van der Waals surface area contributed by atoms with Gasteiger partial charge in [0.05, 0.1) is 17.6 Å². The molecule has 3 heteroatoms. The van der Waals surface area contributed by atoms with Crippen LogP contribution in [0.1, 0.15) is 0 Å². The topological polar surface area (TPSA) is 30.7 Å². The van der Waals surface area contributed by atoms with Crippen molar-refractivity contribution in [2.75, 3.05) is 0 Å². The maximum atomic E-state index is 4.28. The van der Waals surface area contributed by atoms with Crippen molar-refractivity contribution in [1.29, 1.82) is 0 Å². The first kappa shape index (κ1) is 11.9. The Balaban J connectivity index is 1.97. The van der Waals surface area contributed by atoms with Crippen LogP contribution >= 0.6 is 0 Å². The van der Waals surface area contributed by atoms with Gasteiger partial charge in [-0.2, -0.15) is 0 Å². The normalized spacial score (nSPS) is 10.9. The van der Waals surface area contributed by atoms with Crippen LogP contribution in [0, 0.1) is 0 Å². The van der Waals surface area contributed by atoms with Crippen molar-refractivity contribution in [3.8, 4) is 16.9 Å². The van der Waals surface area contributed by atoms with Crippen LogP contribution in [0.2, 0.25) is 0 Å². The number of nitrogens with zero attached hydrogens (tertiary/aromatic N) is 3. The first-order valence-corrected chi connectivity index (χ1v) is 6.88. The van der Waals surface area contributed by atoms with Crippen molar-refractivity contribution in [3.05, 3.63) is 79.0 Å². The lowest BCUT2D eigenvalue weighted by molar-refractivity contribution is 0.812. The zero-order chi connectivity index (χ0) is 14.1. The number of benzene rings is 3. The molecule has 0 aliphatic heterocycles. The SMILES string of the molecule is c1ccc(-c2cnnn2-c2cccc3ccccc23)cc1. The molecule has 0 aliphatic rings. The van der Waals surface area contributed by atoms with Crippen LogP contribution < -0.4 is 0 Å². The van der Waals surface area contributed by atoms with E-state index in [0.717, 1.165) is 16.9 Å². The molecular weight excluding hydrogens is 258 g/mol. The molecule has 21 heavy (non-hydrogen) atoms. The minimum absolute atomic E-state index is 0.993. The second-order valence-electron chi connectivity index (χ2n) is 4.90. The Kier molecular flexibility index (Phi) is 2.75. The summed E-state index contributed by atoms with van der Waals surface area (Å²) in [5.41, 5.74) is 3.15. The van der Waals surface area contributed by atoms with E-state index in [9.17, 15) is 0 Å². The highest BCUT2D eigenvalue weighted by Gasteiger charge is 2.10. The molecule has 1 aromatic heterocycles. The zero-order valence-corrected chi connectivity index (χ0v) is 11.3. The average molecular weight is 271 g/mol. The Morgan fingerprint density at radius 3 is 2.38 bits per heavy atom. The second-order valence-corrected chi connectivity index (χ2v) is 4.90. The minimum atomic E-state index is 0.993. The summed E-state index contributed by atoms with van der Waals surface area (Å²) >= 11 is 0. The molecule has 0 bridgehead atoms. The van der Waals surface area contributed by atoms with E-state index in [4.69, 9.17) is 0 Å². The maximum Gasteiger partial charge on any atom is 0.0944 e. The molecule has 3 aromatic carbocycles. The number of hydrogen-bond acceptors (Lipinski definition) is 2. The van der Waals surface area contributed by atoms with Gasteiger partial charge in [0.1, 0.15) is 0 Å². The Hall–Kier alpha value is -2.94. The summed E-state index contributed by atoms with van der Waals surface area (Å²) in [6.45, 7) is 0. The van der Waals surface area contributed by atoms with Gasteiger partial charge in [-0.05, 0) is 11.5 Å². The van der Waals surface area contributed by atoms with Crippen molar-refractivity contribution >= 4 is 10.8 Å². The third-order valence-electron chi connectivity index (χ3n) is 3.61. The summed E-state index contributed by atoms with van der Waals surface area (Å²) in [5.74, 6) is 0. The van der Waals surface area contributed by atoms with E-state index in [1.165, 1.54) is 10.8 Å². The molecule has 0 spiro atoms. The first-order chi connectivity index (χ1) is 10.4. The van der Waals surface area contributed by atoms with Crippen molar-refractivity contribution in [2.24, 2.45) is 0 Å². The molecule has 0 saturated heterocycles. The fourth-order valence-electron chi connectivity index (χ4n) is 2.61. The molecule has 4 aromatic rings. The quantitative estimate of drug-likeness (QED) is 0.550. The summed E-state index contributed by atoms with van der Waals surface area (Å²) < 4.78 is 1.90. The molecule has 0 radical (unpaired) electrons. The molecule has 0 fully saturated rings. The van der Waals surface area contributed by atoms with Crippen LogP contribution in [0.15, 0.2) is 79.0 Å². The summed E-state index contributed by atoms with van der Waals surface area (Å²) in [5, 5.41) is 10.7. The number of rotatable bonds is 2. The van der Waals surface area contributed by atoms with Crippen molar-refractivity contribution in [3.63, 3.8) is 0 Å². The van der Waals surface area contributed by atoms with Crippen LogP contribution in [-0.4, -0.2) is 15.0 Å². The molecule has 4 rings (SSSR count). The molecule has 0 atom stereocenters. The molecule has 0 amide bonds. The Morgan fingerprint density at radius 1 is 0.714 bits per heavy atom.